The van der Waals surface area contributed by atoms with Crippen molar-refractivity contribution in [2.24, 2.45) is 16.7 Å². The van der Waals surface area contributed by atoms with Crippen LogP contribution in [0.25, 0.3) is 0 Å². The van der Waals surface area contributed by atoms with Crippen LogP contribution >= 0.6 is 0 Å². The number of benzene rings is 1. The number of nitrogens with one attached hydrogen (secondary N) is 4. The lowest BCUT2D eigenvalue weighted by molar-refractivity contribution is -0.140. The fourth-order valence-electron chi connectivity index (χ4n) is 6.95. The van der Waals surface area contributed by atoms with Crippen molar-refractivity contribution in [3.8, 4) is 0 Å². The van der Waals surface area contributed by atoms with Crippen LogP contribution in [0.5, 0.6) is 0 Å². The molecule has 0 saturated heterocycles. The third kappa shape index (κ3) is 5.98. The van der Waals surface area contributed by atoms with Crippen molar-refractivity contribution in [3.63, 3.8) is 0 Å². The van der Waals surface area contributed by atoms with Crippen LogP contribution in [-0.2, 0) is 14.3 Å². The van der Waals surface area contributed by atoms with Gasteiger partial charge in [-0.05, 0) is 61.3 Å². The molecule has 1 aromatic carbocycles. The highest BCUT2D eigenvalue weighted by atomic mass is 16.6. The second-order valence-corrected chi connectivity index (χ2v) is 12.8. The third-order valence-corrected chi connectivity index (χ3v) is 10.1. The minimum atomic E-state index is -1.35. The third-order valence-electron chi connectivity index (χ3n) is 10.1. The first-order valence-corrected chi connectivity index (χ1v) is 14.9. The molecule has 242 valence electrons. The molecule has 2 aromatic rings. The normalized spacial score (nSPS) is 25.0. The summed E-state index contributed by atoms with van der Waals surface area (Å²) in [5, 5.41) is 26.8. The van der Waals surface area contributed by atoms with Crippen molar-refractivity contribution in [2.75, 3.05) is 34.4 Å². The summed E-state index contributed by atoms with van der Waals surface area (Å²) in [7, 11) is 0. The van der Waals surface area contributed by atoms with E-state index in [1.165, 1.54) is 17.0 Å². The zero-order chi connectivity index (χ0) is 32.7. The number of H-pyrrole nitrogens is 1. The Morgan fingerprint density at radius 1 is 1.18 bits per heavy atom. The number of nitrogens with zero attached hydrogens (tertiary/aromatic N) is 2. The fraction of sp³-hybridized carbons (Fsp3) is 0.533. The minimum Gasteiger partial charge on any atom is -0.481 e. The number of nitrogen functional groups attached to an aromatic ring is 1. The first-order valence-electron chi connectivity index (χ1n) is 14.9. The van der Waals surface area contributed by atoms with Gasteiger partial charge in [0.15, 0.2) is 11.5 Å². The summed E-state index contributed by atoms with van der Waals surface area (Å²) in [6.07, 6.45) is 1.22. The van der Waals surface area contributed by atoms with Crippen molar-refractivity contribution in [1.29, 1.82) is 0 Å². The van der Waals surface area contributed by atoms with Gasteiger partial charge in [0.05, 0.1) is 6.04 Å². The van der Waals surface area contributed by atoms with Gasteiger partial charge in [0.2, 0.25) is 5.95 Å². The van der Waals surface area contributed by atoms with E-state index in [4.69, 9.17) is 15.6 Å². The topological polar surface area (TPSA) is 229 Å². The molecule has 5 atom stereocenters. The number of nitrogens with two attached hydrogens (primary N) is 1. The lowest BCUT2D eigenvalue weighted by atomic mass is 9.70. The van der Waals surface area contributed by atoms with Gasteiger partial charge in [-0.15, -0.1) is 0 Å². The fourth-order valence-corrected chi connectivity index (χ4v) is 6.95. The molecule has 45 heavy (non-hydrogen) atoms. The van der Waals surface area contributed by atoms with Crippen molar-refractivity contribution in [3.05, 3.63) is 40.2 Å². The second kappa shape index (κ2) is 11.9. The number of hydrogen-bond acceptors (Lipinski definition) is 10. The molecule has 3 aliphatic rings. The summed E-state index contributed by atoms with van der Waals surface area (Å²) in [5.41, 5.74) is 5.81. The number of ether oxygens (including phenoxy) is 1. The lowest BCUT2D eigenvalue weighted by Crippen LogP contribution is -2.54. The summed E-state index contributed by atoms with van der Waals surface area (Å²) in [4.78, 5) is 69.8. The smallest absolute Gasteiger partial charge is 0.415 e. The lowest BCUT2D eigenvalue weighted by Gasteiger charge is -2.41. The largest absolute Gasteiger partial charge is 0.481 e. The summed E-state index contributed by atoms with van der Waals surface area (Å²) in [6.45, 7) is 7.06. The van der Waals surface area contributed by atoms with E-state index < -0.39 is 48.0 Å². The second-order valence-electron chi connectivity index (χ2n) is 12.8. The number of carboxylic acid groups (broad SMARTS) is 2. The minimum absolute atomic E-state index is 0.0164. The van der Waals surface area contributed by atoms with Crippen LogP contribution in [0, 0.1) is 16.7 Å². The van der Waals surface area contributed by atoms with Crippen molar-refractivity contribution >= 4 is 47.1 Å². The summed E-state index contributed by atoms with van der Waals surface area (Å²) < 4.78 is 6.17. The Bertz CT molecular complexity index is 1560. The predicted molar refractivity (Wildman–Crippen MR) is 164 cm³/mol. The molecule has 5 rings (SSSR count). The zero-order valence-electron chi connectivity index (χ0n) is 25.4. The van der Waals surface area contributed by atoms with E-state index in [1.807, 2.05) is 0 Å². The predicted octanol–water partition coefficient (Wildman–Crippen LogP) is 2.46. The number of hydrogen-bond donors (Lipinski definition) is 7. The number of rotatable bonds is 10. The maximum Gasteiger partial charge on any atom is 0.415 e. The molecule has 2 aliphatic carbocycles. The molecule has 0 spiro atoms. The summed E-state index contributed by atoms with van der Waals surface area (Å²) in [6, 6.07) is 4.29. The van der Waals surface area contributed by atoms with Gasteiger partial charge in [0, 0.05) is 36.2 Å². The number of amides is 2. The van der Waals surface area contributed by atoms with E-state index >= 15 is 0 Å². The average Bonchev–Trinajstić information content (AvgIpc) is 3.31. The number of carbonyl (C=O) groups is 4. The molecule has 2 heterocycles. The Morgan fingerprint density at radius 3 is 2.49 bits per heavy atom. The van der Waals surface area contributed by atoms with Crippen molar-refractivity contribution in [1.82, 2.24) is 15.3 Å². The maximum atomic E-state index is 13.9. The van der Waals surface area contributed by atoms with Crippen LogP contribution in [-0.4, -0.2) is 75.4 Å². The number of aromatic amines is 1. The molecule has 0 radical (unpaired) electrons. The molecule has 2 saturated carbocycles. The van der Waals surface area contributed by atoms with Gasteiger partial charge in [-0.2, -0.15) is 4.98 Å². The van der Waals surface area contributed by atoms with Crippen LogP contribution in [0.4, 0.5) is 27.9 Å². The first-order chi connectivity index (χ1) is 21.2. The van der Waals surface area contributed by atoms with Crippen molar-refractivity contribution < 1.29 is 34.1 Å². The molecule has 2 bridgehead atoms. The van der Waals surface area contributed by atoms with Gasteiger partial charge in [-0.1, -0.05) is 20.8 Å². The van der Waals surface area contributed by atoms with Gasteiger partial charge in [0.1, 0.15) is 12.1 Å². The summed E-state index contributed by atoms with van der Waals surface area (Å²) >= 11 is 0. The summed E-state index contributed by atoms with van der Waals surface area (Å²) in [5.74, 6) is -2.61. The molecule has 15 nitrogen and oxygen atoms in total. The van der Waals surface area contributed by atoms with Gasteiger partial charge in [0.25, 0.3) is 11.5 Å². The van der Waals surface area contributed by atoms with Gasteiger partial charge in [-0.3, -0.25) is 24.3 Å². The molecule has 2 fully saturated rings. The average molecular weight is 626 g/mol. The number of fused-ring (bicyclic) bond motifs is 3. The molecule has 1 aromatic heterocycles. The van der Waals surface area contributed by atoms with Crippen LogP contribution in [0.15, 0.2) is 29.1 Å². The number of aliphatic carboxylic acids is 2. The van der Waals surface area contributed by atoms with Crippen LogP contribution in [0.3, 0.4) is 0 Å². The van der Waals surface area contributed by atoms with Crippen LogP contribution < -0.4 is 32.1 Å². The molecule has 8 N–H and O–H groups in total. The zero-order valence-corrected chi connectivity index (χ0v) is 25.4. The number of carbonyl (C=O) groups excluding carboxylic acids is 2. The standard InChI is InChI=1S/C30H39N7O8/c1-29(2)16-10-11-30(29,3)20(12-16)45-28(44)37-18(14-33-23-22(37)25(41)36-27(31)35-23)13-32-17-6-4-15(5-7-17)24(40)34-19(26(42)43)8-9-21(38)39/h4-7,16,18-20,32H,8-14H2,1-3H3,(H,34,40)(H,38,39)(H,42,43)(H4,31,33,35,36,41)/t16?,18?,19-,20?,30+/m0/s1. The molecule has 3 unspecified atom stereocenters. The molecular weight excluding hydrogens is 586 g/mol. The molecule has 2 amide bonds. The Kier molecular flexibility index (Phi) is 8.38. The quantitative estimate of drug-likeness (QED) is 0.202. The van der Waals surface area contributed by atoms with Gasteiger partial charge >= 0.3 is 18.0 Å². The maximum absolute atomic E-state index is 13.9. The SMILES string of the molecule is CC1(C)C2CC[C@]1(C)C(OC(=O)N1c3c(nc(N)[nH]c3=O)NCC1CNc1ccc(C(=O)N[C@@H](CCC(=O)O)C(=O)O)cc1)C2. The van der Waals surface area contributed by atoms with Gasteiger partial charge in [-0.25, -0.2) is 9.59 Å². The van der Waals surface area contributed by atoms with E-state index in [9.17, 15) is 29.1 Å². The highest BCUT2D eigenvalue weighted by Gasteiger charge is 2.63. The van der Waals surface area contributed by atoms with E-state index in [2.05, 4.69) is 46.7 Å². The monoisotopic (exact) mass is 625 g/mol. The number of carboxylic acids is 2. The Balaban J connectivity index is 1.29. The van der Waals surface area contributed by atoms with Gasteiger partial charge < -0.3 is 36.6 Å². The molecular formula is C30H39N7O8. The highest BCUT2D eigenvalue weighted by molar-refractivity contribution is 5.97. The number of anilines is 4. The van der Waals surface area contributed by atoms with E-state index in [1.54, 1.807) is 12.1 Å². The Hall–Kier alpha value is -4.82. The Labute approximate surface area is 258 Å². The number of aromatic nitrogens is 2. The first kappa shape index (κ1) is 31.6. The van der Waals surface area contributed by atoms with Crippen molar-refractivity contribution in [2.45, 2.75) is 71.1 Å². The molecule has 15 heteroatoms. The van der Waals surface area contributed by atoms with E-state index in [0.29, 0.717) is 11.6 Å². The van der Waals surface area contributed by atoms with Crippen LogP contribution in [0.2, 0.25) is 0 Å². The highest BCUT2D eigenvalue weighted by Crippen LogP contribution is 2.66. The van der Waals surface area contributed by atoms with E-state index in [0.717, 1.165) is 19.3 Å². The van der Waals surface area contributed by atoms with Crippen LogP contribution in [0.1, 0.15) is 63.2 Å². The Morgan fingerprint density at radius 2 is 1.89 bits per heavy atom. The molecule has 1 aliphatic heterocycles. The van der Waals surface area contributed by atoms with E-state index in [-0.39, 0.29) is 59.5 Å².